The Labute approximate surface area is 291 Å². The molecule has 1 N–H and O–H groups in total. The van der Waals surface area contributed by atoms with Crippen molar-refractivity contribution in [3.05, 3.63) is 202 Å². The highest BCUT2D eigenvalue weighted by Gasteiger charge is 2.44. The molecule has 2 heterocycles. The van der Waals surface area contributed by atoms with E-state index in [1.165, 1.54) is 16.8 Å². The van der Waals surface area contributed by atoms with E-state index in [0.29, 0.717) is 17.1 Å². The zero-order chi connectivity index (χ0) is 35.3. The molecule has 1 unspecified atom stereocenters. The second-order valence-corrected chi connectivity index (χ2v) is 13.5. The summed E-state index contributed by atoms with van der Waals surface area (Å²) in [6, 6.07) is 41.1. The van der Waals surface area contributed by atoms with Crippen LogP contribution in [-0.4, -0.2) is 35.4 Å². The molecule has 0 aliphatic rings. The van der Waals surface area contributed by atoms with Crippen molar-refractivity contribution < 1.29 is 13.2 Å². The third kappa shape index (κ3) is 6.36. The van der Waals surface area contributed by atoms with E-state index in [2.05, 4.69) is 23.0 Å². The van der Waals surface area contributed by atoms with Crippen molar-refractivity contribution in [1.29, 1.82) is 0 Å². The van der Waals surface area contributed by atoms with E-state index >= 15 is 0 Å². The van der Waals surface area contributed by atoms with Crippen molar-refractivity contribution in [2.24, 2.45) is 4.99 Å². The average Bonchev–Trinajstić information content (AvgIpc) is 3.56. The third-order valence-electron chi connectivity index (χ3n) is 8.57. The van der Waals surface area contributed by atoms with Crippen LogP contribution in [0.2, 0.25) is 0 Å². The summed E-state index contributed by atoms with van der Waals surface area (Å²) < 4.78 is 32.1. The number of benzene rings is 4. The lowest BCUT2D eigenvalue weighted by Crippen LogP contribution is -2.39. The number of carbonyl (C=O) groups is 1. The van der Waals surface area contributed by atoms with Crippen LogP contribution in [-0.2, 0) is 26.0 Å². The Hall–Kier alpha value is -6.13. The Bertz CT molecular complexity index is 2220. The van der Waals surface area contributed by atoms with Crippen LogP contribution >= 0.6 is 0 Å². The lowest BCUT2D eigenvalue weighted by Gasteiger charge is -2.36. The highest BCUT2D eigenvalue weighted by molar-refractivity contribution is 7.91. The SMILES string of the molecule is C=CC(C(=O)N=C)c1cn(-n2c(C)ccc(NS(=O)(=O)Cc3ccccc3)c2=O)c(C(c2ccccc2)(c2ccccc2)c2ccccc2)n1. The van der Waals surface area contributed by atoms with E-state index in [4.69, 9.17) is 4.98 Å². The number of rotatable bonds is 12. The number of aliphatic imine (C=N–C) groups is 1. The van der Waals surface area contributed by atoms with Gasteiger partial charge in [-0.05, 0) is 48.0 Å². The molecular formula is C40H35N5O4S. The molecule has 4 aromatic carbocycles. The number of carbonyl (C=O) groups excluding carboxylic acids is 1. The van der Waals surface area contributed by atoms with Gasteiger partial charge in [0.1, 0.15) is 22.8 Å². The van der Waals surface area contributed by atoms with Gasteiger partial charge in [-0.1, -0.05) is 127 Å². The van der Waals surface area contributed by atoms with Crippen LogP contribution in [0.3, 0.4) is 0 Å². The van der Waals surface area contributed by atoms with E-state index in [1.807, 2.05) is 91.0 Å². The summed E-state index contributed by atoms with van der Waals surface area (Å²) in [5.41, 5.74) is 1.91. The molecule has 6 rings (SSSR count). The second kappa shape index (κ2) is 14.2. The number of pyridine rings is 1. The molecule has 1 amide bonds. The van der Waals surface area contributed by atoms with Crippen molar-refractivity contribution in [2.75, 3.05) is 4.72 Å². The minimum atomic E-state index is -3.98. The van der Waals surface area contributed by atoms with Crippen molar-refractivity contribution in [3.8, 4) is 0 Å². The maximum atomic E-state index is 14.5. The first-order valence-electron chi connectivity index (χ1n) is 15.9. The largest absolute Gasteiger partial charge is 0.294 e. The fourth-order valence-electron chi connectivity index (χ4n) is 6.31. The van der Waals surface area contributed by atoms with Crippen LogP contribution in [0.25, 0.3) is 0 Å². The van der Waals surface area contributed by atoms with E-state index < -0.39 is 32.8 Å². The first-order valence-corrected chi connectivity index (χ1v) is 17.5. The number of nitrogens with one attached hydrogen (secondary N) is 1. The van der Waals surface area contributed by atoms with Gasteiger partial charge in [-0.15, -0.1) is 6.58 Å². The van der Waals surface area contributed by atoms with Crippen LogP contribution in [0.1, 0.15) is 45.4 Å². The van der Waals surface area contributed by atoms with Gasteiger partial charge in [-0.2, -0.15) is 0 Å². The number of sulfonamides is 1. The van der Waals surface area contributed by atoms with Gasteiger partial charge in [0.25, 0.3) is 11.5 Å². The lowest BCUT2D eigenvalue weighted by molar-refractivity contribution is -0.118. The normalized spacial score (nSPS) is 12.2. The molecule has 9 nitrogen and oxygen atoms in total. The molecule has 2 aromatic heterocycles. The predicted molar refractivity (Wildman–Crippen MR) is 197 cm³/mol. The summed E-state index contributed by atoms with van der Waals surface area (Å²) >= 11 is 0. The maximum Gasteiger partial charge on any atom is 0.294 e. The quantitative estimate of drug-likeness (QED) is 0.0902. The molecule has 10 heteroatoms. The number of nitrogens with zero attached hydrogens (tertiary/aromatic N) is 4. The standard InChI is InChI=1S/C40H35N5O4S/c1-4-34(37(46)41-3)36-27-44(45-29(2)25-26-35(38(45)47)43-50(48,49)28-30-17-9-5-10-18-30)39(42-36)40(31-19-11-6-12-20-31,32-21-13-7-14-22-32)33-23-15-8-16-24-33/h4-27,34,43H,1,3,28H2,2H3. The van der Waals surface area contributed by atoms with E-state index in [-0.39, 0.29) is 17.1 Å². The molecule has 50 heavy (non-hydrogen) atoms. The second-order valence-electron chi connectivity index (χ2n) is 11.7. The Morgan fingerprint density at radius 2 is 1.34 bits per heavy atom. The van der Waals surface area contributed by atoms with Crippen LogP contribution in [0, 0.1) is 6.92 Å². The number of aromatic nitrogens is 3. The van der Waals surface area contributed by atoms with Crippen LogP contribution in [0.5, 0.6) is 0 Å². The van der Waals surface area contributed by atoms with Crippen molar-refractivity contribution in [1.82, 2.24) is 14.3 Å². The van der Waals surface area contributed by atoms with Gasteiger partial charge in [0.05, 0.1) is 17.6 Å². The summed E-state index contributed by atoms with van der Waals surface area (Å²) in [6.45, 7) is 9.05. The average molecular weight is 682 g/mol. The van der Waals surface area contributed by atoms with Gasteiger partial charge < -0.3 is 0 Å². The van der Waals surface area contributed by atoms with Gasteiger partial charge in [0.2, 0.25) is 10.0 Å². The highest BCUT2D eigenvalue weighted by atomic mass is 32.2. The number of aryl methyl sites for hydroxylation is 1. The molecule has 0 aliphatic heterocycles. The number of hydrogen-bond acceptors (Lipinski definition) is 5. The van der Waals surface area contributed by atoms with Gasteiger partial charge in [-0.25, -0.2) is 27.7 Å². The summed E-state index contributed by atoms with van der Waals surface area (Å²) in [5.74, 6) is -1.49. The van der Waals surface area contributed by atoms with Crippen molar-refractivity contribution >= 4 is 28.3 Å². The van der Waals surface area contributed by atoms with Crippen molar-refractivity contribution in [3.63, 3.8) is 0 Å². The molecule has 0 saturated heterocycles. The van der Waals surface area contributed by atoms with Gasteiger partial charge in [0, 0.05) is 5.69 Å². The van der Waals surface area contributed by atoms with Crippen LogP contribution < -0.4 is 10.3 Å². The molecule has 0 bridgehead atoms. The molecule has 0 saturated carbocycles. The maximum absolute atomic E-state index is 14.5. The summed E-state index contributed by atoms with van der Waals surface area (Å²) in [6.07, 6.45) is 3.04. The molecule has 1 atom stereocenters. The van der Waals surface area contributed by atoms with Crippen LogP contribution in [0.15, 0.2) is 162 Å². The number of imidazole rings is 1. The number of amides is 1. The fourth-order valence-corrected chi connectivity index (χ4v) is 7.50. The van der Waals surface area contributed by atoms with E-state index in [1.54, 1.807) is 54.2 Å². The Morgan fingerprint density at radius 1 is 0.840 bits per heavy atom. The molecular weight excluding hydrogens is 647 g/mol. The monoisotopic (exact) mass is 681 g/mol. The third-order valence-corrected chi connectivity index (χ3v) is 9.81. The zero-order valence-corrected chi connectivity index (χ0v) is 28.2. The zero-order valence-electron chi connectivity index (χ0n) is 27.4. The minimum absolute atomic E-state index is 0.151. The molecule has 0 aliphatic carbocycles. The summed E-state index contributed by atoms with van der Waals surface area (Å²) in [7, 11) is -3.98. The van der Waals surface area contributed by atoms with E-state index in [9.17, 15) is 18.0 Å². The summed E-state index contributed by atoms with van der Waals surface area (Å²) in [4.78, 5) is 36.4. The van der Waals surface area contributed by atoms with Gasteiger partial charge in [-0.3, -0.25) is 14.3 Å². The Balaban J connectivity index is 1.68. The molecule has 6 aromatic rings. The molecule has 250 valence electrons. The number of hydrogen-bond donors (Lipinski definition) is 1. The predicted octanol–water partition coefficient (Wildman–Crippen LogP) is 6.49. The first kappa shape index (κ1) is 33.8. The first-order chi connectivity index (χ1) is 24.2. The minimum Gasteiger partial charge on any atom is -0.278 e. The number of anilines is 1. The Kier molecular flexibility index (Phi) is 9.56. The molecule has 0 fully saturated rings. The van der Waals surface area contributed by atoms with Crippen molar-refractivity contribution in [2.45, 2.75) is 24.0 Å². The Morgan fingerprint density at radius 3 is 1.82 bits per heavy atom. The fraction of sp³-hybridized carbons (Fsp3) is 0.100. The molecule has 0 radical (unpaired) electrons. The summed E-state index contributed by atoms with van der Waals surface area (Å²) in [5, 5.41) is 0. The lowest BCUT2D eigenvalue weighted by atomic mass is 9.68. The molecule has 0 spiro atoms. The smallest absolute Gasteiger partial charge is 0.278 e. The van der Waals surface area contributed by atoms with Gasteiger partial charge >= 0.3 is 0 Å². The highest BCUT2D eigenvalue weighted by Crippen LogP contribution is 2.45. The van der Waals surface area contributed by atoms with Gasteiger partial charge in [0.15, 0.2) is 0 Å². The topological polar surface area (TPSA) is 115 Å². The van der Waals surface area contributed by atoms with E-state index in [0.717, 1.165) is 16.7 Å². The van der Waals surface area contributed by atoms with Crippen LogP contribution in [0.4, 0.5) is 5.69 Å².